The van der Waals surface area contributed by atoms with Gasteiger partial charge in [0.25, 0.3) is 0 Å². The van der Waals surface area contributed by atoms with Gasteiger partial charge in [0.05, 0.1) is 38.1 Å². The summed E-state index contributed by atoms with van der Waals surface area (Å²) in [5.41, 5.74) is 16.1. The van der Waals surface area contributed by atoms with E-state index >= 15 is 0 Å². The summed E-state index contributed by atoms with van der Waals surface area (Å²) in [7, 11) is 0. The van der Waals surface area contributed by atoms with Crippen LogP contribution >= 0.6 is 0 Å². The molecule has 0 aliphatic rings. The molecule has 213 valence electrons. The fraction of sp³-hybridized carbons (Fsp3) is 0.182. The number of aromatic nitrogens is 1. The van der Waals surface area contributed by atoms with E-state index in [1.54, 1.807) is 32.0 Å². The Bertz CT molecular complexity index is 781. The van der Waals surface area contributed by atoms with Crippen LogP contribution in [0.3, 0.4) is 0 Å². The molecule has 0 atom stereocenters. The SMILES string of the molecule is C/C(=N\NC(N)=O)c1cccc(/C(C)=N/NC(N)=O)n1.O=[N+]([O-])[O-].O=[N+]([O-])[O-].O=[N+]([O-])[O-].[OH3+].[OH3+].[OH3+].[OH3+].[Sm+3]. The predicted octanol–water partition coefficient (Wildman–Crippen LogP) is -4.54. The Morgan fingerprint density at radius 1 is 0.730 bits per heavy atom. The zero-order valence-corrected chi connectivity index (χ0v) is 21.4. The second kappa shape index (κ2) is 31.8. The van der Waals surface area contributed by atoms with Gasteiger partial charge in [-0.25, -0.2) is 25.4 Å². The Balaban J connectivity index is -0.0000000700. The number of hydrazone groups is 2. The second-order valence-electron chi connectivity index (χ2n) is 4.43. The van der Waals surface area contributed by atoms with Gasteiger partial charge >= 0.3 is 52.5 Å². The summed E-state index contributed by atoms with van der Waals surface area (Å²) >= 11 is 0. The smallest absolute Gasteiger partial charge is 0.457 e. The Hall–Kier alpha value is -4.19. The van der Waals surface area contributed by atoms with E-state index in [1.807, 2.05) is 0 Å². The quantitative estimate of drug-likeness (QED) is 0.100. The van der Waals surface area contributed by atoms with Gasteiger partial charge in [-0.3, -0.25) is 0 Å². The minimum Gasteiger partial charge on any atom is -0.457 e. The molecule has 0 bridgehead atoms. The van der Waals surface area contributed by atoms with Crippen molar-refractivity contribution in [3.8, 4) is 0 Å². The summed E-state index contributed by atoms with van der Waals surface area (Å²) in [5, 5.41) is 51.8. The first-order valence-electron chi connectivity index (χ1n) is 7.21. The first kappa shape index (κ1) is 53.9. The molecule has 1 rings (SSSR count). The van der Waals surface area contributed by atoms with E-state index in [0.29, 0.717) is 22.8 Å². The standard InChI is InChI=1S/C11H15N7O2.3NO3.4H2O.Sm/c1-6(15-17-10(12)19)8-4-3-5-9(14-8)7(2)16-18-11(13)20;3*2-1(3)4;;;;;/h3-5H,1-2H3,(H3,12,17,19)(H3,13,18,20);;;;4*1H2;/q;3*-1;;;;;+3/p+4/b15-6+,16-7+;;;;;;;;. The van der Waals surface area contributed by atoms with Gasteiger partial charge in [0, 0.05) is 0 Å². The van der Waals surface area contributed by atoms with Crippen molar-refractivity contribution in [2.45, 2.75) is 13.8 Å². The largest absolute Gasteiger partial charge is 3.00 e. The minimum atomic E-state index is -1.75. The molecule has 0 saturated carbocycles. The van der Waals surface area contributed by atoms with Crippen LogP contribution in [0.15, 0.2) is 28.4 Å². The third-order valence-electron chi connectivity index (χ3n) is 2.16. The molecule has 0 aliphatic heterocycles. The van der Waals surface area contributed by atoms with Crippen molar-refractivity contribution in [3.63, 3.8) is 0 Å². The number of urea groups is 2. The predicted molar refractivity (Wildman–Crippen MR) is 125 cm³/mol. The van der Waals surface area contributed by atoms with Crippen molar-refractivity contribution in [1.29, 1.82) is 0 Å². The van der Waals surface area contributed by atoms with Crippen LogP contribution in [0, 0.1) is 86.4 Å². The molecule has 1 radical (unpaired) electrons. The monoisotopic (exact) mass is 691 g/mol. The average Bonchev–Trinajstić information content (AvgIpc) is 2.62. The van der Waals surface area contributed by atoms with Gasteiger partial charge in [0.2, 0.25) is 0 Å². The number of nitrogens with zero attached hydrogens (tertiary/aromatic N) is 6. The molecule has 37 heavy (non-hydrogen) atoms. The molecule has 4 amide bonds. The normalized spacial score (nSPS) is 8.38. The number of pyridine rings is 1. The molecule has 0 fully saturated rings. The van der Waals surface area contributed by atoms with E-state index in [9.17, 15) is 9.59 Å². The van der Waals surface area contributed by atoms with Crippen LogP contribution in [0.25, 0.3) is 0 Å². The Kier molecular flexibility index (Phi) is 46.4. The number of amides is 4. The van der Waals surface area contributed by atoms with Crippen LogP contribution in [-0.2, 0) is 21.9 Å². The van der Waals surface area contributed by atoms with Crippen LogP contribution in [0.2, 0.25) is 0 Å². The molecule has 0 aromatic carbocycles. The Morgan fingerprint density at radius 2 is 0.946 bits per heavy atom. The third kappa shape index (κ3) is 49.9. The van der Waals surface area contributed by atoms with Gasteiger partial charge in [-0.05, 0) is 26.0 Å². The van der Waals surface area contributed by atoms with Crippen molar-refractivity contribution < 1.29 is 87.1 Å². The van der Waals surface area contributed by atoms with Crippen molar-refractivity contribution in [1.82, 2.24) is 15.8 Å². The summed E-state index contributed by atoms with van der Waals surface area (Å²) in [6.07, 6.45) is 0. The number of nitrogens with one attached hydrogen (secondary N) is 2. The molecule has 0 unspecified atom stereocenters. The van der Waals surface area contributed by atoms with E-state index in [-0.39, 0.29) is 62.3 Å². The van der Waals surface area contributed by atoms with Crippen molar-refractivity contribution in [2.24, 2.45) is 21.7 Å². The number of hydrogen-bond donors (Lipinski definition) is 4. The molecule has 0 saturated heterocycles. The molecule has 1 aromatic rings. The fourth-order valence-electron chi connectivity index (χ4n) is 1.23. The minimum absolute atomic E-state index is 0. The van der Waals surface area contributed by atoms with Crippen molar-refractivity contribution >= 4 is 23.5 Å². The van der Waals surface area contributed by atoms with Gasteiger partial charge in [-0.15, -0.1) is 0 Å². The van der Waals surface area contributed by atoms with Gasteiger partial charge < -0.3 is 79.3 Å². The van der Waals surface area contributed by atoms with Gasteiger partial charge in [0.1, 0.15) is 0 Å². The zero-order valence-electron chi connectivity index (χ0n) is 18.8. The molecule has 18 N–H and O–H groups in total. The summed E-state index contributed by atoms with van der Waals surface area (Å²) in [5.74, 6) is 0. The fourth-order valence-corrected chi connectivity index (χ4v) is 1.23. The van der Waals surface area contributed by atoms with Gasteiger partial charge in [-0.2, -0.15) is 10.2 Å². The first-order chi connectivity index (χ1) is 14.6. The summed E-state index contributed by atoms with van der Waals surface area (Å²) in [6, 6.07) is 3.64. The van der Waals surface area contributed by atoms with Crippen LogP contribution < -0.4 is 22.3 Å². The van der Waals surface area contributed by atoms with E-state index < -0.39 is 27.3 Å². The molecular formula is C11H27N10O15Sm+4. The molecule has 26 heteroatoms. The molecule has 1 aromatic heterocycles. The summed E-state index contributed by atoms with van der Waals surface area (Å²) in [4.78, 5) is 50.2. The maximum Gasteiger partial charge on any atom is 3.00 e. The number of nitrogens with two attached hydrogens (primary N) is 2. The number of carbonyl (C=O) groups is 2. The Labute approximate surface area is 236 Å². The topological polar surface area (TPSA) is 478 Å². The molecule has 0 spiro atoms. The van der Waals surface area contributed by atoms with Crippen molar-refractivity contribution in [3.05, 3.63) is 75.6 Å². The third-order valence-corrected chi connectivity index (χ3v) is 2.16. The number of carbonyl (C=O) groups excluding carboxylic acids is 2. The molecule has 25 nitrogen and oxygen atoms in total. The maximum atomic E-state index is 10.6. The summed E-state index contributed by atoms with van der Waals surface area (Å²) < 4.78 is 0. The number of hydrogen-bond acceptors (Lipinski definition) is 14. The molecule has 1 heterocycles. The molecular weight excluding hydrogens is 663 g/mol. The van der Waals surface area contributed by atoms with Crippen LogP contribution in [-0.4, -0.2) is 43.7 Å². The van der Waals surface area contributed by atoms with Gasteiger partial charge in [-0.1, -0.05) is 6.07 Å². The summed E-state index contributed by atoms with van der Waals surface area (Å²) in [6.45, 7) is 3.33. The van der Waals surface area contributed by atoms with Crippen molar-refractivity contribution in [2.75, 3.05) is 0 Å². The second-order valence-corrected chi connectivity index (χ2v) is 4.43. The average molecular weight is 690 g/mol. The van der Waals surface area contributed by atoms with E-state index in [2.05, 4.69) is 26.0 Å². The van der Waals surface area contributed by atoms with Crippen LogP contribution in [0.4, 0.5) is 9.59 Å². The van der Waals surface area contributed by atoms with E-state index in [1.165, 1.54) is 0 Å². The number of primary amides is 2. The first-order valence-corrected chi connectivity index (χ1v) is 7.21. The van der Waals surface area contributed by atoms with E-state index in [4.69, 9.17) is 57.4 Å². The van der Waals surface area contributed by atoms with E-state index in [0.717, 1.165) is 0 Å². The van der Waals surface area contributed by atoms with Crippen LogP contribution in [0.1, 0.15) is 25.2 Å². The zero-order chi connectivity index (χ0) is 25.9. The molecule has 0 aliphatic carbocycles. The number of rotatable bonds is 4. The van der Waals surface area contributed by atoms with Crippen LogP contribution in [0.5, 0.6) is 0 Å². The van der Waals surface area contributed by atoms with Gasteiger partial charge in [0.15, 0.2) is 0 Å². The maximum absolute atomic E-state index is 10.6. The Morgan fingerprint density at radius 3 is 1.14 bits per heavy atom.